The highest BCUT2D eigenvalue weighted by Gasteiger charge is 2.28. The topological polar surface area (TPSA) is 48.9 Å². The van der Waals surface area contributed by atoms with E-state index in [0.29, 0.717) is 0 Å². The van der Waals surface area contributed by atoms with E-state index in [1.54, 1.807) is 6.07 Å². The molecule has 1 heterocycles. The fourth-order valence-corrected chi connectivity index (χ4v) is 3.14. The molecule has 1 fully saturated rings. The highest BCUT2D eigenvalue weighted by Crippen LogP contribution is 2.16. The van der Waals surface area contributed by atoms with Gasteiger partial charge in [-0.3, -0.25) is 9.89 Å². The second-order valence-electron chi connectivity index (χ2n) is 7.35. The molecule has 1 aromatic carbocycles. The van der Waals surface area contributed by atoms with Crippen molar-refractivity contribution >= 4 is 29.9 Å². The molecule has 0 atom stereocenters. The van der Waals surface area contributed by atoms with Gasteiger partial charge in [0.1, 0.15) is 5.82 Å². The van der Waals surface area contributed by atoms with Crippen molar-refractivity contribution in [2.45, 2.75) is 39.7 Å². The molecule has 27 heavy (non-hydrogen) atoms. The molecule has 0 radical (unpaired) electrons. The minimum Gasteiger partial charge on any atom is -0.379 e. The fraction of sp³-hybridized carbons (Fsp3) is 0.650. The summed E-state index contributed by atoms with van der Waals surface area (Å²) in [6.45, 7) is 14.3. The van der Waals surface area contributed by atoms with Gasteiger partial charge in [-0.1, -0.05) is 6.07 Å². The minimum absolute atomic E-state index is 0. The molecular formula is C20H34FIN4O. The van der Waals surface area contributed by atoms with E-state index < -0.39 is 0 Å². The smallest absolute Gasteiger partial charge is 0.191 e. The summed E-state index contributed by atoms with van der Waals surface area (Å²) in [6.07, 6.45) is 0.837. The SMILES string of the molecule is CCNC(=NCC(C)(C)N1CCOCC1)NCCc1ccc(F)cc1C.I. The first kappa shape index (κ1) is 24.1. The Bertz CT molecular complexity index is 604. The average molecular weight is 492 g/mol. The van der Waals surface area contributed by atoms with Crippen LogP contribution in [0.4, 0.5) is 4.39 Å². The Morgan fingerprint density at radius 1 is 1.26 bits per heavy atom. The van der Waals surface area contributed by atoms with Gasteiger partial charge in [0.2, 0.25) is 0 Å². The molecule has 0 aliphatic carbocycles. The predicted molar refractivity (Wildman–Crippen MR) is 121 cm³/mol. The van der Waals surface area contributed by atoms with Gasteiger partial charge in [0.05, 0.1) is 19.8 Å². The van der Waals surface area contributed by atoms with Crippen LogP contribution in [-0.4, -0.2) is 62.3 Å². The number of nitrogens with zero attached hydrogens (tertiary/aromatic N) is 2. The molecule has 0 bridgehead atoms. The molecule has 154 valence electrons. The van der Waals surface area contributed by atoms with Crippen molar-refractivity contribution < 1.29 is 9.13 Å². The van der Waals surface area contributed by atoms with Crippen molar-refractivity contribution in [3.8, 4) is 0 Å². The highest BCUT2D eigenvalue weighted by molar-refractivity contribution is 14.0. The number of aliphatic imine (C=N–C) groups is 1. The van der Waals surface area contributed by atoms with Gasteiger partial charge in [-0.15, -0.1) is 24.0 Å². The highest BCUT2D eigenvalue weighted by atomic mass is 127. The van der Waals surface area contributed by atoms with Crippen LogP contribution < -0.4 is 10.6 Å². The lowest BCUT2D eigenvalue weighted by Crippen LogP contribution is -2.52. The van der Waals surface area contributed by atoms with E-state index in [1.165, 1.54) is 6.07 Å². The predicted octanol–water partition coefficient (Wildman–Crippen LogP) is 2.96. The first-order chi connectivity index (χ1) is 12.4. The second-order valence-corrected chi connectivity index (χ2v) is 7.35. The quantitative estimate of drug-likeness (QED) is 0.349. The third-order valence-electron chi connectivity index (χ3n) is 4.83. The molecule has 2 rings (SSSR count). The third-order valence-corrected chi connectivity index (χ3v) is 4.83. The van der Waals surface area contributed by atoms with Crippen molar-refractivity contribution in [1.82, 2.24) is 15.5 Å². The molecular weight excluding hydrogens is 458 g/mol. The van der Waals surface area contributed by atoms with Gasteiger partial charge in [-0.05, 0) is 57.4 Å². The lowest BCUT2D eigenvalue weighted by atomic mass is 10.0. The van der Waals surface area contributed by atoms with Crippen LogP contribution in [0.3, 0.4) is 0 Å². The number of nitrogens with one attached hydrogen (secondary N) is 2. The molecule has 1 saturated heterocycles. The van der Waals surface area contributed by atoms with Crippen LogP contribution in [0.1, 0.15) is 31.9 Å². The molecule has 1 aromatic rings. The van der Waals surface area contributed by atoms with Crippen molar-refractivity contribution in [2.75, 3.05) is 45.9 Å². The van der Waals surface area contributed by atoms with Crippen LogP contribution in [0.25, 0.3) is 0 Å². The lowest BCUT2D eigenvalue weighted by Gasteiger charge is -2.39. The number of halogens is 2. The Kier molecular flexibility index (Phi) is 10.5. The summed E-state index contributed by atoms with van der Waals surface area (Å²) in [5.74, 6) is 0.646. The number of rotatable bonds is 7. The first-order valence-electron chi connectivity index (χ1n) is 9.52. The number of ether oxygens (including phenoxy) is 1. The summed E-state index contributed by atoms with van der Waals surface area (Å²) in [6, 6.07) is 4.96. The Balaban J connectivity index is 0.00000364. The Hall–Kier alpha value is -0.930. The molecule has 0 amide bonds. The molecule has 1 aliphatic rings. The fourth-order valence-electron chi connectivity index (χ4n) is 3.14. The molecule has 2 N–H and O–H groups in total. The number of hydrogen-bond donors (Lipinski definition) is 2. The summed E-state index contributed by atoms with van der Waals surface area (Å²) < 4.78 is 18.7. The molecule has 0 aromatic heterocycles. The van der Waals surface area contributed by atoms with Gasteiger partial charge >= 0.3 is 0 Å². The second kappa shape index (κ2) is 11.8. The molecule has 0 unspecified atom stereocenters. The van der Waals surface area contributed by atoms with E-state index in [4.69, 9.17) is 9.73 Å². The van der Waals surface area contributed by atoms with Crippen molar-refractivity contribution in [1.29, 1.82) is 0 Å². The van der Waals surface area contributed by atoms with E-state index in [2.05, 4.69) is 36.3 Å². The third kappa shape index (κ3) is 7.91. The molecule has 1 aliphatic heterocycles. The van der Waals surface area contributed by atoms with Crippen LogP contribution >= 0.6 is 24.0 Å². The Labute approximate surface area is 180 Å². The average Bonchev–Trinajstić information content (AvgIpc) is 2.62. The molecule has 7 heteroatoms. The van der Waals surface area contributed by atoms with Crippen LogP contribution in [0.15, 0.2) is 23.2 Å². The van der Waals surface area contributed by atoms with Gasteiger partial charge in [0.15, 0.2) is 5.96 Å². The number of guanidine groups is 1. The molecule has 5 nitrogen and oxygen atoms in total. The van der Waals surface area contributed by atoms with Gasteiger partial charge in [-0.2, -0.15) is 0 Å². The number of morpholine rings is 1. The van der Waals surface area contributed by atoms with Gasteiger partial charge in [0, 0.05) is 31.7 Å². The van der Waals surface area contributed by atoms with Crippen LogP contribution in [0.5, 0.6) is 0 Å². The van der Waals surface area contributed by atoms with Crippen LogP contribution in [0, 0.1) is 12.7 Å². The standard InChI is InChI=1S/C20H33FN4O.HI/c1-5-22-19(23-9-8-17-6-7-18(21)14-16(17)2)24-15-20(3,4)25-10-12-26-13-11-25;/h6-7,14H,5,8-13,15H2,1-4H3,(H2,22,23,24);1H. The molecule has 0 spiro atoms. The maximum Gasteiger partial charge on any atom is 0.191 e. The Morgan fingerprint density at radius 2 is 1.96 bits per heavy atom. The summed E-state index contributed by atoms with van der Waals surface area (Å²) in [5, 5.41) is 6.69. The number of hydrogen-bond acceptors (Lipinski definition) is 3. The summed E-state index contributed by atoms with van der Waals surface area (Å²) in [7, 11) is 0. The van der Waals surface area contributed by atoms with Crippen LogP contribution in [0.2, 0.25) is 0 Å². The maximum atomic E-state index is 13.2. The van der Waals surface area contributed by atoms with Crippen molar-refractivity contribution in [3.63, 3.8) is 0 Å². The van der Waals surface area contributed by atoms with E-state index >= 15 is 0 Å². The van der Waals surface area contributed by atoms with Crippen molar-refractivity contribution in [3.05, 3.63) is 35.1 Å². The maximum absolute atomic E-state index is 13.2. The zero-order valence-electron chi connectivity index (χ0n) is 17.0. The van der Waals surface area contributed by atoms with Gasteiger partial charge in [-0.25, -0.2) is 4.39 Å². The first-order valence-corrected chi connectivity index (χ1v) is 9.52. The summed E-state index contributed by atoms with van der Waals surface area (Å²) in [5.41, 5.74) is 2.14. The monoisotopic (exact) mass is 492 g/mol. The van der Waals surface area contributed by atoms with Crippen LogP contribution in [-0.2, 0) is 11.2 Å². The lowest BCUT2D eigenvalue weighted by molar-refractivity contribution is -0.00683. The zero-order chi connectivity index (χ0) is 19.0. The number of benzene rings is 1. The summed E-state index contributed by atoms with van der Waals surface area (Å²) in [4.78, 5) is 7.22. The van der Waals surface area contributed by atoms with E-state index in [9.17, 15) is 4.39 Å². The van der Waals surface area contributed by atoms with Crippen molar-refractivity contribution in [2.24, 2.45) is 4.99 Å². The van der Waals surface area contributed by atoms with Gasteiger partial charge in [0.25, 0.3) is 0 Å². The molecule has 0 saturated carbocycles. The van der Waals surface area contributed by atoms with E-state index in [1.807, 2.05) is 13.0 Å². The summed E-state index contributed by atoms with van der Waals surface area (Å²) >= 11 is 0. The van der Waals surface area contributed by atoms with Gasteiger partial charge < -0.3 is 15.4 Å². The van der Waals surface area contributed by atoms with E-state index in [-0.39, 0.29) is 35.3 Å². The van der Waals surface area contributed by atoms with E-state index in [0.717, 1.165) is 69.4 Å². The normalized spacial score (nSPS) is 16.0. The Morgan fingerprint density at radius 3 is 2.59 bits per heavy atom. The number of aryl methyl sites for hydroxylation is 1. The zero-order valence-corrected chi connectivity index (χ0v) is 19.3. The minimum atomic E-state index is -0.181. The largest absolute Gasteiger partial charge is 0.379 e.